The van der Waals surface area contributed by atoms with Crippen LogP contribution >= 0.6 is 0 Å². The lowest BCUT2D eigenvalue weighted by Crippen LogP contribution is -2.39. The Kier molecular flexibility index (Phi) is 6.46. The number of benzene rings is 1. The summed E-state index contributed by atoms with van der Waals surface area (Å²) in [6.45, 7) is 10.00. The third-order valence-corrected chi connectivity index (χ3v) is 2.88. The van der Waals surface area contributed by atoms with Crippen molar-refractivity contribution in [1.29, 1.82) is 0 Å². The molecule has 1 aromatic carbocycles. The second kappa shape index (κ2) is 7.61. The fourth-order valence-corrected chi connectivity index (χ4v) is 1.72. The molecule has 0 saturated heterocycles. The first kappa shape index (κ1) is 16.1. The second-order valence-electron chi connectivity index (χ2n) is 5.90. The molecule has 0 aliphatic rings. The maximum Gasteiger partial charge on any atom is 0.123 e. The first-order valence-electron chi connectivity index (χ1n) is 7.04. The van der Waals surface area contributed by atoms with Gasteiger partial charge in [0.1, 0.15) is 5.82 Å². The van der Waals surface area contributed by atoms with E-state index < -0.39 is 0 Å². The Morgan fingerprint density at radius 3 is 2.37 bits per heavy atom. The topological polar surface area (TPSA) is 21.3 Å². The second-order valence-corrected chi connectivity index (χ2v) is 5.90. The first-order chi connectivity index (χ1) is 8.92. The summed E-state index contributed by atoms with van der Waals surface area (Å²) in [7, 11) is 0. The molecule has 1 atom stereocenters. The van der Waals surface area contributed by atoms with Gasteiger partial charge in [-0.3, -0.25) is 0 Å². The summed E-state index contributed by atoms with van der Waals surface area (Å²) in [5.41, 5.74) is 1.07. The Morgan fingerprint density at radius 2 is 1.84 bits per heavy atom. The molecule has 0 radical (unpaired) electrons. The van der Waals surface area contributed by atoms with Gasteiger partial charge in [0.25, 0.3) is 0 Å². The minimum absolute atomic E-state index is 0.0219. The molecule has 2 nitrogen and oxygen atoms in total. The van der Waals surface area contributed by atoms with Gasteiger partial charge in [0.05, 0.1) is 6.10 Å². The number of ether oxygens (including phenoxy) is 1. The van der Waals surface area contributed by atoms with E-state index in [1.54, 1.807) is 12.1 Å². The quantitative estimate of drug-likeness (QED) is 0.752. The van der Waals surface area contributed by atoms with Crippen molar-refractivity contribution < 1.29 is 9.13 Å². The van der Waals surface area contributed by atoms with Crippen molar-refractivity contribution in [2.75, 3.05) is 13.2 Å². The van der Waals surface area contributed by atoms with E-state index in [1.165, 1.54) is 12.1 Å². The Bertz CT molecular complexity index is 356. The van der Waals surface area contributed by atoms with Crippen molar-refractivity contribution in [2.24, 2.45) is 0 Å². The molecule has 0 aromatic heterocycles. The lowest BCUT2D eigenvalue weighted by Gasteiger charge is -2.26. The predicted molar refractivity (Wildman–Crippen MR) is 77.8 cm³/mol. The molecule has 3 heteroatoms. The first-order valence-corrected chi connectivity index (χ1v) is 7.04. The fourth-order valence-electron chi connectivity index (χ4n) is 1.72. The van der Waals surface area contributed by atoms with Gasteiger partial charge < -0.3 is 10.1 Å². The van der Waals surface area contributed by atoms with Crippen LogP contribution in [0.5, 0.6) is 0 Å². The molecule has 0 saturated carbocycles. The summed E-state index contributed by atoms with van der Waals surface area (Å²) in [4.78, 5) is 0. The summed E-state index contributed by atoms with van der Waals surface area (Å²) < 4.78 is 18.9. The minimum Gasteiger partial charge on any atom is -0.372 e. The number of unbranched alkanes of at least 4 members (excludes halogenated alkanes) is 1. The Hall–Kier alpha value is -0.930. The number of nitrogens with one attached hydrogen (secondary N) is 1. The van der Waals surface area contributed by atoms with E-state index in [-0.39, 0.29) is 17.5 Å². The molecule has 1 N–H and O–H groups in total. The van der Waals surface area contributed by atoms with Crippen molar-refractivity contribution >= 4 is 0 Å². The van der Waals surface area contributed by atoms with Crippen LogP contribution in [-0.4, -0.2) is 18.7 Å². The van der Waals surface area contributed by atoms with E-state index >= 15 is 0 Å². The van der Waals surface area contributed by atoms with Gasteiger partial charge in [-0.05, 0) is 44.9 Å². The van der Waals surface area contributed by atoms with Crippen LogP contribution in [0.3, 0.4) is 0 Å². The normalized spacial score (nSPS) is 13.5. The van der Waals surface area contributed by atoms with E-state index in [9.17, 15) is 4.39 Å². The van der Waals surface area contributed by atoms with Gasteiger partial charge >= 0.3 is 0 Å². The van der Waals surface area contributed by atoms with Crippen LogP contribution in [0.1, 0.15) is 52.2 Å². The van der Waals surface area contributed by atoms with E-state index in [4.69, 9.17) is 4.74 Å². The number of hydrogen-bond donors (Lipinski definition) is 1. The Balaban J connectivity index is 2.65. The number of rotatable bonds is 7. The Labute approximate surface area is 116 Å². The van der Waals surface area contributed by atoms with Crippen molar-refractivity contribution in [1.82, 2.24) is 5.32 Å². The average molecular weight is 267 g/mol. The maximum absolute atomic E-state index is 13.0. The van der Waals surface area contributed by atoms with Gasteiger partial charge in [-0.15, -0.1) is 0 Å². The maximum atomic E-state index is 13.0. The van der Waals surface area contributed by atoms with E-state index in [0.717, 1.165) is 31.6 Å². The molecule has 108 valence electrons. The highest BCUT2D eigenvalue weighted by Crippen LogP contribution is 2.18. The highest BCUT2D eigenvalue weighted by atomic mass is 19.1. The predicted octanol–water partition coefficient (Wildman–Crippen LogP) is 4.07. The molecule has 0 amide bonds. The highest BCUT2D eigenvalue weighted by molar-refractivity contribution is 5.19. The van der Waals surface area contributed by atoms with Crippen LogP contribution in [-0.2, 0) is 4.74 Å². The largest absolute Gasteiger partial charge is 0.372 e. The van der Waals surface area contributed by atoms with Gasteiger partial charge in [0.15, 0.2) is 0 Å². The molecule has 0 aliphatic carbocycles. The zero-order valence-electron chi connectivity index (χ0n) is 12.5. The minimum atomic E-state index is -0.208. The van der Waals surface area contributed by atoms with Crippen LogP contribution in [0.15, 0.2) is 24.3 Å². The van der Waals surface area contributed by atoms with E-state index in [2.05, 4.69) is 33.0 Å². The van der Waals surface area contributed by atoms with Crippen LogP contribution in [0.4, 0.5) is 4.39 Å². The number of hydrogen-bond acceptors (Lipinski definition) is 2. The molecule has 1 aromatic rings. The lowest BCUT2D eigenvalue weighted by molar-refractivity contribution is 0.0464. The molecule has 1 rings (SSSR count). The van der Waals surface area contributed by atoms with Gasteiger partial charge in [-0.25, -0.2) is 4.39 Å². The van der Waals surface area contributed by atoms with Gasteiger partial charge in [-0.2, -0.15) is 0 Å². The fraction of sp³-hybridized carbons (Fsp3) is 0.625. The van der Waals surface area contributed by atoms with Crippen molar-refractivity contribution in [2.45, 2.75) is 52.2 Å². The summed E-state index contributed by atoms with van der Waals surface area (Å²) in [6.07, 6.45) is 2.14. The zero-order chi connectivity index (χ0) is 14.3. The highest BCUT2D eigenvalue weighted by Gasteiger charge is 2.16. The van der Waals surface area contributed by atoms with Gasteiger partial charge in [-0.1, -0.05) is 25.5 Å². The monoisotopic (exact) mass is 267 g/mol. The van der Waals surface area contributed by atoms with Gasteiger partial charge in [0, 0.05) is 18.7 Å². The van der Waals surface area contributed by atoms with Crippen LogP contribution in [0.25, 0.3) is 0 Å². The standard InChI is InChI=1S/C16H26FNO/c1-5-6-11-19-15(12-18-16(2,3)4)13-7-9-14(17)10-8-13/h7-10,15,18H,5-6,11-12H2,1-4H3. The molecule has 19 heavy (non-hydrogen) atoms. The molecule has 1 unspecified atom stereocenters. The average Bonchev–Trinajstić information content (AvgIpc) is 2.34. The van der Waals surface area contributed by atoms with Gasteiger partial charge in [0.2, 0.25) is 0 Å². The molecule has 0 spiro atoms. The third-order valence-electron chi connectivity index (χ3n) is 2.88. The lowest BCUT2D eigenvalue weighted by atomic mass is 10.1. The molecule has 0 aliphatic heterocycles. The molecular formula is C16H26FNO. The third kappa shape index (κ3) is 6.69. The molecule has 0 fully saturated rings. The SMILES string of the molecule is CCCCOC(CNC(C)(C)C)c1ccc(F)cc1. The zero-order valence-corrected chi connectivity index (χ0v) is 12.5. The van der Waals surface area contributed by atoms with E-state index in [1.807, 2.05) is 0 Å². The van der Waals surface area contributed by atoms with Crippen molar-refractivity contribution in [3.05, 3.63) is 35.6 Å². The van der Waals surface area contributed by atoms with E-state index in [0.29, 0.717) is 0 Å². The van der Waals surface area contributed by atoms with Crippen molar-refractivity contribution in [3.8, 4) is 0 Å². The summed E-state index contributed by atoms with van der Waals surface area (Å²) in [6, 6.07) is 6.58. The molecular weight excluding hydrogens is 241 g/mol. The summed E-state index contributed by atoms with van der Waals surface area (Å²) >= 11 is 0. The van der Waals surface area contributed by atoms with Crippen molar-refractivity contribution in [3.63, 3.8) is 0 Å². The summed E-state index contributed by atoms with van der Waals surface area (Å²) in [5.74, 6) is -0.208. The smallest absolute Gasteiger partial charge is 0.123 e. The number of halogens is 1. The molecule has 0 heterocycles. The Morgan fingerprint density at radius 1 is 1.21 bits per heavy atom. The molecule has 0 bridgehead atoms. The van der Waals surface area contributed by atoms with Crippen LogP contribution < -0.4 is 5.32 Å². The van der Waals surface area contributed by atoms with Crippen LogP contribution in [0.2, 0.25) is 0 Å². The van der Waals surface area contributed by atoms with Crippen LogP contribution in [0, 0.1) is 5.82 Å². The summed E-state index contributed by atoms with van der Waals surface area (Å²) in [5, 5.41) is 3.44.